The van der Waals surface area contributed by atoms with Crippen molar-refractivity contribution in [2.24, 2.45) is 5.92 Å². The summed E-state index contributed by atoms with van der Waals surface area (Å²) >= 11 is 0. The number of sulfonamides is 1. The molecule has 10 heteroatoms. The van der Waals surface area contributed by atoms with Crippen LogP contribution in [0.3, 0.4) is 0 Å². The van der Waals surface area contributed by atoms with Gasteiger partial charge in [0.15, 0.2) is 0 Å². The Bertz CT molecular complexity index is 1290. The highest BCUT2D eigenvalue weighted by atomic mass is 32.2. The van der Waals surface area contributed by atoms with E-state index in [4.69, 9.17) is 4.98 Å². The van der Waals surface area contributed by atoms with Crippen molar-refractivity contribution in [2.45, 2.75) is 75.2 Å². The molecule has 4 aliphatic rings. The number of hydrogen-bond acceptors (Lipinski definition) is 7. The Kier molecular flexibility index (Phi) is 7.37. The van der Waals surface area contributed by atoms with E-state index >= 15 is 0 Å². The largest absolute Gasteiger partial charge is 0.351 e. The molecule has 0 unspecified atom stereocenters. The molecule has 0 bridgehead atoms. The van der Waals surface area contributed by atoms with Gasteiger partial charge in [-0.2, -0.15) is 0 Å². The monoisotopic (exact) mass is 552 g/mol. The number of amides is 1. The smallest absolute Gasteiger partial charge is 0.227 e. The summed E-state index contributed by atoms with van der Waals surface area (Å²) in [4.78, 5) is 27.8. The topological polar surface area (TPSA) is 98.7 Å². The Morgan fingerprint density at radius 3 is 2.49 bits per heavy atom. The third kappa shape index (κ3) is 5.56. The molecule has 1 aromatic heterocycles. The van der Waals surface area contributed by atoms with Gasteiger partial charge in [-0.25, -0.2) is 22.7 Å². The Balaban J connectivity index is 1.13. The maximum absolute atomic E-state index is 14.0. The van der Waals surface area contributed by atoms with Gasteiger partial charge in [-0.1, -0.05) is 30.3 Å². The zero-order valence-electron chi connectivity index (χ0n) is 23.0. The van der Waals surface area contributed by atoms with Gasteiger partial charge in [-0.05, 0) is 70.2 Å². The number of carbonyl (C=O) groups excluding carboxylic acids is 1. The highest BCUT2D eigenvalue weighted by Gasteiger charge is 2.42. The zero-order valence-corrected chi connectivity index (χ0v) is 23.8. The summed E-state index contributed by atoms with van der Waals surface area (Å²) < 4.78 is 26.8. The molecule has 39 heavy (non-hydrogen) atoms. The van der Waals surface area contributed by atoms with Crippen molar-refractivity contribution in [2.75, 3.05) is 38.5 Å². The molecule has 1 aliphatic carbocycles. The van der Waals surface area contributed by atoms with Crippen LogP contribution in [-0.2, 0) is 27.8 Å². The molecule has 0 spiro atoms. The number of hydrogen-bond donors (Lipinski definition) is 1. The summed E-state index contributed by atoms with van der Waals surface area (Å²) in [7, 11) is -0.980. The molecule has 1 N–H and O–H groups in total. The number of anilines is 1. The number of carbonyl (C=O) groups is 1. The van der Waals surface area contributed by atoms with Crippen LogP contribution in [0, 0.1) is 5.92 Å². The van der Waals surface area contributed by atoms with E-state index in [0.29, 0.717) is 25.6 Å². The van der Waals surface area contributed by atoms with Gasteiger partial charge in [0.1, 0.15) is 0 Å². The van der Waals surface area contributed by atoms with Gasteiger partial charge in [0, 0.05) is 49.8 Å². The Hall–Kier alpha value is -2.56. The fourth-order valence-corrected chi connectivity index (χ4v) is 8.41. The van der Waals surface area contributed by atoms with E-state index in [1.165, 1.54) is 5.56 Å². The summed E-state index contributed by atoms with van der Waals surface area (Å²) in [6, 6.07) is 10.7. The minimum atomic E-state index is -3.12. The summed E-state index contributed by atoms with van der Waals surface area (Å²) in [5.41, 5.74) is 3.25. The third-order valence-corrected chi connectivity index (χ3v) is 11.5. The number of fused-ring (bicyclic) bond motifs is 1. The van der Waals surface area contributed by atoms with E-state index in [2.05, 4.69) is 53.4 Å². The molecule has 2 saturated heterocycles. The molecule has 3 fully saturated rings. The van der Waals surface area contributed by atoms with Crippen LogP contribution in [0.15, 0.2) is 36.5 Å². The summed E-state index contributed by atoms with van der Waals surface area (Å²) in [6.45, 7) is 5.52. The van der Waals surface area contributed by atoms with Crippen molar-refractivity contribution in [3.8, 4) is 0 Å². The molecule has 3 atom stereocenters. The maximum atomic E-state index is 14.0. The molecule has 1 amide bonds. The molecule has 1 saturated carbocycles. The van der Waals surface area contributed by atoms with Crippen molar-refractivity contribution in [1.29, 1.82) is 0 Å². The first-order chi connectivity index (χ1) is 18.8. The molecular weight excluding hydrogens is 512 g/mol. The average Bonchev–Trinajstić information content (AvgIpc) is 3.80. The first kappa shape index (κ1) is 26.7. The highest BCUT2D eigenvalue weighted by molar-refractivity contribution is 7.90. The molecule has 4 heterocycles. The number of aromatic nitrogens is 2. The molecule has 2 aromatic rings. The number of benzene rings is 1. The van der Waals surface area contributed by atoms with Gasteiger partial charge in [0.05, 0.1) is 17.5 Å². The second-order valence-electron chi connectivity index (χ2n) is 11.9. The minimum Gasteiger partial charge on any atom is -0.351 e. The van der Waals surface area contributed by atoms with Crippen LogP contribution in [0.5, 0.6) is 0 Å². The molecule has 3 aliphatic heterocycles. The molecule has 9 nitrogen and oxygen atoms in total. The van der Waals surface area contributed by atoms with E-state index in [9.17, 15) is 13.2 Å². The van der Waals surface area contributed by atoms with Gasteiger partial charge >= 0.3 is 0 Å². The van der Waals surface area contributed by atoms with Crippen LogP contribution in [0.1, 0.15) is 61.8 Å². The van der Waals surface area contributed by atoms with Crippen LogP contribution in [0.25, 0.3) is 0 Å². The highest BCUT2D eigenvalue weighted by Crippen LogP contribution is 2.36. The van der Waals surface area contributed by atoms with Gasteiger partial charge in [0.25, 0.3) is 0 Å². The lowest BCUT2D eigenvalue weighted by atomic mass is 9.79. The molecule has 210 valence electrons. The lowest BCUT2D eigenvalue weighted by molar-refractivity contribution is -0.141. The van der Waals surface area contributed by atoms with Crippen LogP contribution in [0.4, 0.5) is 5.95 Å². The molecule has 0 radical (unpaired) electrons. The van der Waals surface area contributed by atoms with E-state index in [1.807, 2.05) is 17.2 Å². The van der Waals surface area contributed by atoms with Crippen LogP contribution < -0.4 is 5.32 Å². The predicted molar refractivity (Wildman–Crippen MR) is 151 cm³/mol. The molecular formula is C29H40N6O3S. The standard InChI is InChI=1S/C29H40N6O3S/c1-20-16-22-17-30-29(31-23-10-14-34(15-11-23)39(37,38)24-8-9-24)32-27(22)19-35(20)28(36)25-12-13-33(2)18-26(25)21-6-4-3-5-7-21/h3-7,17,20,23-26H,8-16,18-19H2,1-2H3,(H,30,31,32)/t20-,25+,26-/m1/s1. The fraction of sp³-hybridized carbons (Fsp3) is 0.621. The maximum Gasteiger partial charge on any atom is 0.227 e. The first-order valence-electron chi connectivity index (χ1n) is 14.4. The first-order valence-corrected chi connectivity index (χ1v) is 15.9. The van der Waals surface area contributed by atoms with Crippen LogP contribution >= 0.6 is 0 Å². The van der Waals surface area contributed by atoms with Crippen LogP contribution in [0.2, 0.25) is 0 Å². The lowest BCUT2D eigenvalue weighted by Gasteiger charge is -2.42. The van der Waals surface area contributed by atoms with E-state index in [1.54, 1.807) is 4.31 Å². The van der Waals surface area contributed by atoms with Gasteiger partial charge in [-0.3, -0.25) is 4.79 Å². The normalized spacial score (nSPS) is 27.2. The van der Waals surface area contributed by atoms with Crippen molar-refractivity contribution < 1.29 is 13.2 Å². The number of piperidine rings is 2. The quantitative estimate of drug-likeness (QED) is 0.589. The van der Waals surface area contributed by atoms with Crippen molar-refractivity contribution in [1.82, 2.24) is 24.1 Å². The average molecular weight is 553 g/mol. The lowest BCUT2D eigenvalue weighted by Crippen LogP contribution is -2.50. The summed E-state index contributed by atoms with van der Waals surface area (Å²) in [5, 5.41) is 3.29. The van der Waals surface area contributed by atoms with Crippen molar-refractivity contribution >= 4 is 21.9 Å². The van der Waals surface area contributed by atoms with Gasteiger partial charge < -0.3 is 15.1 Å². The summed E-state index contributed by atoms with van der Waals surface area (Å²) in [6.07, 6.45) is 6.59. The number of likely N-dealkylation sites (N-methyl/N-ethyl adjacent to an activating group) is 1. The van der Waals surface area contributed by atoms with Crippen molar-refractivity contribution in [3.63, 3.8) is 0 Å². The number of nitrogens with one attached hydrogen (secondary N) is 1. The Morgan fingerprint density at radius 1 is 1.03 bits per heavy atom. The second-order valence-corrected chi connectivity index (χ2v) is 14.1. The zero-order chi connectivity index (χ0) is 27.1. The molecule has 6 rings (SSSR count). The third-order valence-electron chi connectivity index (χ3n) is 9.06. The van der Waals surface area contributed by atoms with E-state index < -0.39 is 10.0 Å². The Morgan fingerprint density at radius 2 is 1.77 bits per heavy atom. The minimum absolute atomic E-state index is 0.0378. The SMILES string of the molecule is C[C@@H]1Cc2cnc(NC3CCN(S(=O)(=O)C4CC4)CC3)nc2CN1C(=O)[C@H]1CCN(C)C[C@@H]1c1ccccc1. The van der Waals surface area contributed by atoms with Gasteiger partial charge in [0.2, 0.25) is 21.9 Å². The summed E-state index contributed by atoms with van der Waals surface area (Å²) in [5.74, 6) is 0.945. The Labute approximate surface area is 232 Å². The van der Waals surface area contributed by atoms with E-state index in [-0.39, 0.29) is 35.1 Å². The second kappa shape index (κ2) is 10.8. The van der Waals surface area contributed by atoms with Crippen LogP contribution in [-0.4, -0.2) is 89.0 Å². The number of rotatable bonds is 6. The van der Waals surface area contributed by atoms with Crippen molar-refractivity contribution in [3.05, 3.63) is 53.3 Å². The fourth-order valence-electron chi connectivity index (χ4n) is 6.54. The number of likely N-dealkylation sites (tertiary alicyclic amines) is 1. The molecule has 1 aromatic carbocycles. The predicted octanol–water partition coefficient (Wildman–Crippen LogP) is 2.85. The van der Waals surface area contributed by atoms with E-state index in [0.717, 1.165) is 62.9 Å². The van der Waals surface area contributed by atoms with Gasteiger partial charge in [-0.15, -0.1) is 0 Å². The number of nitrogens with zero attached hydrogens (tertiary/aromatic N) is 5.